The molecule has 0 bridgehead atoms. The Kier molecular flexibility index (Phi) is 15.3. The van der Waals surface area contributed by atoms with Gasteiger partial charge in [0.25, 0.3) is 0 Å². The Morgan fingerprint density at radius 1 is 0.140 bits per heavy atom. The highest BCUT2D eigenvalue weighted by molar-refractivity contribution is 7.26. The van der Waals surface area contributed by atoms with E-state index in [4.69, 9.17) is 29.9 Å². The van der Waals surface area contributed by atoms with Crippen LogP contribution in [-0.4, -0.2) is 29.9 Å². The van der Waals surface area contributed by atoms with Crippen molar-refractivity contribution in [2.45, 2.75) is 0 Å². The van der Waals surface area contributed by atoms with E-state index in [0.29, 0.717) is 34.9 Å². The molecule has 114 heavy (non-hydrogen) atoms. The number of aromatic nitrogens is 6. The Morgan fingerprint density at radius 3 is 1.06 bits per heavy atom. The predicted octanol–water partition coefficient (Wildman–Crippen LogP) is 29.2. The van der Waals surface area contributed by atoms with Crippen molar-refractivity contribution in [2.75, 3.05) is 0 Å². The second-order valence-corrected chi connectivity index (χ2v) is 31.6. The monoisotopic (exact) mass is 1480 g/mol. The average Bonchev–Trinajstić information content (AvgIpc) is 1.73. The molecule has 6 nitrogen and oxygen atoms in total. The third-order valence-electron chi connectivity index (χ3n) is 23.0. The van der Waals surface area contributed by atoms with Crippen molar-refractivity contribution >= 4 is 138 Å². The molecule has 0 aliphatic rings. The minimum Gasteiger partial charge on any atom is -0.208 e. The lowest BCUT2D eigenvalue weighted by molar-refractivity contribution is 1.08. The van der Waals surface area contributed by atoms with Crippen LogP contribution in [0.3, 0.4) is 0 Å². The summed E-state index contributed by atoms with van der Waals surface area (Å²) in [6.45, 7) is 0. The lowest BCUT2D eigenvalue weighted by Gasteiger charge is -2.15. The van der Waals surface area contributed by atoms with Gasteiger partial charge in [0.05, 0.1) is 0 Å². The van der Waals surface area contributed by atoms with Gasteiger partial charge in [-0.25, -0.2) is 29.9 Å². The molecule has 0 saturated carbocycles. The Bertz CT molecular complexity index is 7970. The van der Waals surface area contributed by atoms with Gasteiger partial charge in [-0.05, 0) is 210 Å². The first-order chi connectivity index (χ1) is 56.4. The Balaban J connectivity index is 0.623. The van der Waals surface area contributed by atoms with Gasteiger partial charge in [-0.2, -0.15) is 0 Å². The summed E-state index contributed by atoms with van der Waals surface area (Å²) in [5.41, 5.74) is 17.0. The number of thiophene rings is 2. The van der Waals surface area contributed by atoms with Crippen LogP contribution >= 0.6 is 22.7 Å². The second kappa shape index (κ2) is 26.6. The minimum atomic E-state index is 0.604. The lowest BCUT2D eigenvalue weighted by atomic mass is 9.91. The van der Waals surface area contributed by atoms with Crippen LogP contribution in [0.15, 0.2) is 376 Å². The topological polar surface area (TPSA) is 77.3 Å². The van der Waals surface area contributed by atoms with E-state index in [2.05, 4.69) is 376 Å². The van der Waals surface area contributed by atoms with E-state index in [9.17, 15) is 0 Å². The van der Waals surface area contributed by atoms with E-state index in [1.165, 1.54) is 68.6 Å². The molecule has 8 heteroatoms. The van der Waals surface area contributed by atoms with Crippen LogP contribution in [-0.2, 0) is 0 Å². The fourth-order valence-electron chi connectivity index (χ4n) is 17.4. The zero-order chi connectivity index (χ0) is 74.9. The number of benzene rings is 19. The second-order valence-electron chi connectivity index (χ2n) is 29.5. The van der Waals surface area contributed by atoms with E-state index < -0.39 is 0 Å². The van der Waals surface area contributed by atoms with Gasteiger partial charge >= 0.3 is 0 Å². The third kappa shape index (κ3) is 11.1. The number of fused-ring (bicyclic) bond motifs is 14. The first kappa shape index (κ1) is 65.4. The van der Waals surface area contributed by atoms with E-state index >= 15 is 0 Å². The summed E-state index contributed by atoms with van der Waals surface area (Å²) in [6.07, 6.45) is 0. The molecule has 4 heterocycles. The molecule has 528 valence electrons. The number of nitrogens with zero attached hydrogens (tertiary/aromatic N) is 6. The van der Waals surface area contributed by atoms with Gasteiger partial charge in [0.15, 0.2) is 34.9 Å². The number of rotatable bonds is 11. The molecule has 0 amide bonds. The van der Waals surface area contributed by atoms with Gasteiger partial charge in [-0.1, -0.05) is 297 Å². The minimum absolute atomic E-state index is 0.604. The smallest absolute Gasteiger partial charge is 0.165 e. The molecular weight excluding hydrogens is 1420 g/mol. The number of hydrogen-bond acceptors (Lipinski definition) is 8. The van der Waals surface area contributed by atoms with Gasteiger partial charge in [-0.3, -0.25) is 0 Å². The van der Waals surface area contributed by atoms with Crippen molar-refractivity contribution in [3.63, 3.8) is 0 Å². The predicted molar refractivity (Wildman–Crippen MR) is 481 cm³/mol. The highest BCUT2D eigenvalue weighted by Crippen LogP contribution is 2.47. The van der Waals surface area contributed by atoms with E-state index in [1.54, 1.807) is 22.7 Å². The largest absolute Gasteiger partial charge is 0.208 e. The van der Waals surface area contributed by atoms with Crippen LogP contribution in [0.5, 0.6) is 0 Å². The van der Waals surface area contributed by atoms with Gasteiger partial charge in [0.1, 0.15) is 0 Å². The molecule has 0 radical (unpaired) electrons. The summed E-state index contributed by atoms with van der Waals surface area (Å²) in [7, 11) is 0. The molecule has 0 aliphatic heterocycles. The summed E-state index contributed by atoms with van der Waals surface area (Å²) in [6, 6.07) is 136. The van der Waals surface area contributed by atoms with Gasteiger partial charge < -0.3 is 0 Å². The van der Waals surface area contributed by atoms with Crippen LogP contribution in [0, 0.1) is 0 Å². The van der Waals surface area contributed by atoms with E-state index in [0.717, 1.165) is 136 Å². The van der Waals surface area contributed by atoms with E-state index in [-0.39, 0.29) is 0 Å². The van der Waals surface area contributed by atoms with Crippen molar-refractivity contribution in [2.24, 2.45) is 0 Å². The average molecular weight is 1480 g/mol. The Labute approximate surface area is 663 Å². The van der Waals surface area contributed by atoms with Gasteiger partial charge in [0.2, 0.25) is 0 Å². The standard InChI is InChI=1S/C106H62N6S2/c1-3-23-66-56-72(47-44-63(66)20-1)79-51-53-90(83-33-9-7-31-81(79)83)103-107-101(75-28-15-26-70(58-75)78-38-17-25-65-22-5-6-30-77(65)78)109-106(112-103)93-42-19-40-89-96-61-69(50-55-98(96)114-100(89)93)68-46-49-74-62-95(86-36-12-11-35-85(86)94(74)60-68)71-27-16-29-76(59-71)102-108-104(111-105(110-102)92-41-18-39-88-87-37-13-14-43-97(87)113-99(88)92)91-54-52-80(82-32-8-10-34-84(82)91)73-48-45-64-21-2-4-24-67(64)57-73/h1-62H. The van der Waals surface area contributed by atoms with Gasteiger partial charge in [0, 0.05) is 73.7 Å². The van der Waals surface area contributed by atoms with Gasteiger partial charge in [-0.15, -0.1) is 22.7 Å². The summed E-state index contributed by atoms with van der Waals surface area (Å²) in [5, 5.41) is 21.0. The van der Waals surface area contributed by atoms with Crippen LogP contribution in [0.1, 0.15) is 0 Å². The van der Waals surface area contributed by atoms with Crippen molar-refractivity contribution in [3.8, 4) is 124 Å². The first-order valence-electron chi connectivity index (χ1n) is 38.5. The molecule has 0 saturated heterocycles. The maximum Gasteiger partial charge on any atom is 0.165 e. The highest BCUT2D eigenvalue weighted by Gasteiger charge is 2.24. The van der Waals surface area contributed by atoms with Crippen LogP contribution in [0.4, 0.5) is 0 Å². The third-order valence-corrected chi connectivity index (χ3v) is 25.4. The summed E-state index contributed by atoms with van der Waals surface area (Å²) in [5.74, 6) is 3.69. The maximum absolute atomic E-state index is 5.54. The van der Waals surface area contributed by atoms with Crippen LogP contribution in [0.25, 0.3) is 240 Å². The van der Waals surface area contributed by atoms with Crippen molar-refractivity contribution in [3.05, 3.63) is 376 Å². The van der Waals surface area contributed by atoms with Crippen LogP contribution < -0.4 is 0 Å². The molecule has 0 atom stereocenters. The zero-order valence-electron chi connectivity index (χ0n) is 61.3. The quantitative estimate of drug-likeness (QED) is 0.120. The molecule has 0 fully saturated rings. The van der Waals surface area contributed by atoms with Crippen molar-refractivity contribution in [1.29, 1.82) is 0 Å². The fourth-order valence-corrected chi connectivity index (χ4v) is 19.8. The van der Waals surface area contributed by atoms with E-state index in [1.807, 2.05) is 0 Å². The molecular formula is C106H62N6S2. The fraction of sp³-hybridized carbons (Fsp3) is 0. The molecule has 23 aromatic rings. The van der Waals surface area contributed by atoms with Crippen molar-refractivity contribution < 1.29 is 0 Å². The normalized spacial score (nSPS) is 11.9. The zero-order valence-corrected chi connectivity index (χ0v) is 62.9. The molecule has 19 aromatic carbocycles. The van der Waals surface area contributed by atoms with Crippen LogP contribution in [0.2, 0.25) is 0 Å². The SMILES string of the molecule is c1cc(-c2nc(-c3ccc(-c4ccc5ccccc5c4)c4ccccc34)nc(-c3cccc4c3sc3ccc(-c5ccc6cc(-c7cccc(-c8nc(-c9ccc(-c%10ccc%11ccccc%11c%10)c%10ccccc9%10)nc(-c9cccc%10c9sc9ccccc9%10)n8)c7)c7ccccc7c6c5)cc34)n2)cc(-c2cccc3ccccc23)c1. The molecule has 0 N–H and O–H groups in total. The lowest BCUT2D eigenvalue weighted by Crippen LogP contribution is -2.01. The summed E-state index contributed by atoms with van der Waals surface area (Å²) < 4.78 is 4.68. The molecule has 0 spiro atoms. The molecule has 4 aromatic heterocycles. The number of hydrogen-bond donors (Lipinski definition) is 0. The highest BCUT2D eigenvalue weighted by atomic mass is 32.1. The molecule has 0 aliphatic carbocycles. The summed E-state index contributed by atoms with van der Waals surface area (Å²) in [4.78, 5) is 32.9. The maximum atomic E-state index is 5.54. The Morgan fingerprint density at radius 2 is 0.482 bits per heavy atom. The summed E-state index contributed by atoms with van der Waals surface area (Å²) >= 11 is 3.57. The molecule has 23 rings (SSSR count). The molecule has 0 unspecified atom stereocenters. The Hall–Kier alpha value is -14.5. The van der Waals surface area contributed by atoms with Crippen molar-refractivity contribution in [1.82, 2.24) is 29.9 Å². The first-order valence-corrected chi connectivity index (χ1v) is 40.1.